The van der Waals surface area contributed by atoms with E-state index >= 15 is 0 Å². The van der Waals surface area contributed by atoms with Gasteiger partial charge in [-0.25, -0.2) is 0 Å². The Labute approximate surface area is 127 Å². The third-order valence-corrected chi connectivity index (χ3v) is 3.26. The summed E-state index contributed by atoms with van der Waals surface area (Å²) in [5, 5.41) is 22.2. The number of rotatable bonds is 4. The van der Waals surface area contributed by atoms with Crippen molar-refractivity contribution in [3.05, 3.63) is 69.8 Å². The molecule has 2 aromatic rings. The molecule has 0 saturated heterocycles. The Kier molecular flexibility index (Phi) is 4.49. The van der Waals surface area contributed by atoms with Crippen molar-refractivity contribution in [2.75, 3.05) is 5.32 Å². The van der Waals surface area contributed by atoms with Gasteiger partial charge in [0.1, 0.15) is 0 Å². The molecule has 0 spiro atoms. The molecule has 0 fully saturated rings. The highest BCUT2D eigenvalue weighted by Gasteiger charge is 2.16. The Hall–Kier alpha value is -3.20. The first kappa shape index (κ1) is 15.2. The third-order valence-electron chi connectivity index (χ3n) is 3.26. The van der Waals surface area contributed by atoms with E-state index in [9.17, 15) is 14.9 Å². The molecular formula is C16H13N3O3. The van der Waals surface area contributed by atoms with E-state index in [1.807, 2.05) is 6.07 Å². The standard InChI is InChI=1S/C16H13N3O3/c1-11(13-5-7-15(8-6-13)19(21)22)16(20)18-14-4-2-3-12(9-14)10-17/h2-9,11H,1H3,(H,18,20)/t11-/m0/s1. The number of anilines is 1. The van der Waals surface area contributed by atoms with E-state index in [1.165, 1.54) is 12.1 Å². The minimum Gasteiger partial charge on any atom is -0.326 e. The second-order valence-corrected chi connectivity index (χ2v) is 4.75. The lowest BCUT2D eigenvalue weighted by Gasteiger charge is -2.12. The number of nitrogens with zero attached hydrogens (tertiary/aromatic N) is 2. The summed E-state index contributed by atoms with van der Waals surface area (Å²) in [6.45, 7) is 1.71. The Morgan fingerprint density at radius 1 is 1.27 bits per heavy atom. The van der Waals surface area contributed by atoms with Crippen LogP contribution in [-0.2, 0) is 4.79 Å². The largest absolute Gasteiger partial charge is 0.326 e. The maximum absolute atomic E-state index is 12.2. The number of benzene rings is 2. The number of carbonyl (C=O) groups excluding carboxylic acids is 1. The lowest BCUT2D eigenvalue weighted by atomic mass is 10.00. The van der Waals surface area contributed by atoms with Gasteiger partial charge in [-0.15, -0.1) is 0 Å². The van der Waals surface area contributed by atoms with E-state index in [-0.39, 0.29) is 11.6 Å². The van der Waals surface area contributed by atoms with Gasteiger partial charge in [0.25, 0.3) is 5.69 Å². The van der Waals surface area contributed by atoms with E-state index in [1.54, 1.807) is 43.3 Å². The number of non-ortho nitro benzene ring substituents is 1. The summed E-state index contributed by atoms with van der Waals surface area (Å²) in [5.74, 6) is -0.713. The first-order valence-electron chi connectivity index (χ1n) is 6.56. The summed E-state index contributed by atoms with van der Waals surface area (Å²) < 4.78 is 0. The summed E-state index contributed by atoms with van der Waals surface area (Å²) in [6, 6.07) is 14.5. The molecule has 0 radical (unpaired) electrons. The van der Waals surface area contributed by atoms with Crippen LogP contribution in [-0.4, -0.2) is 10.8 Å². The molecule has 0 unspecified atom stereocenters. The molecule has 2 aromatic carbocycles. The molecule has 22 heavy (non-hydrogen) atoms. The predicted octanol–water partition coefficient (Wildman–Crippen LogP) is 3.21. The Morgan fingerprint density at radius 2 is 1.95 bits per heavy atom. The van der Waals surface area contributed by atoms with E-state index in [0.717, 1.165) is 0 Å². The normalized spacial score (nSPS) is 11.3. The number of nitriles is 1. The summed E-state index contributed by atoms with van der Waals surface area (Å²) in [5.41, 5.74) is 1.66. The second-order valence-electron chi connectivity index (χ2n) is 4.75. The topological polar surface area (TPSA) is 96.0 Å². The van der Waals surface area contributed by atoms with Crippen LogP contribution in [0.4, 0.5) is 11.4 Å². The van der Waals surface area contributed by atoms with Gasteiger partial charge in [0, 0.05) is 17.8 Å². The Morgan fingerprint density at radius 3 is 2.55 bits per heavy atom. The van der Waals surface area contributed by atoms with Gasteiger partial charge in [-0.1, -0.05) is 18.2 Å². The minimum absolute atomic E-state index is 0.0157. The second kappa shape index (κ2) is 6.50. The number of carbonyl (C=O) groups is 1. The van der Waals surface area contributed by atoms with E-state index in [2.05, 4.69) is 5.32 Å². The van der Waals surface area contributed by atoms with Crippen molar-refractivity contribution in [2.24, 2.45) is 0 Å². The fourth-order valence-electron chi connectivity index (χ4n) is 1.95. The molecular weight excluding hydrogens is 282 g/mol. The van der Waals surface area contributed by atoms with Crippen molar-refractivity contribution in [3.8, 4) is 6.07 Å². The van der Waals surface area contributed by atoms with Crippen LogP contribution in [0.15, 0.2) is 48.5 Å². The van der Waals surface area contributed by atoms with Crippen molar-refractivity contribution >= 4 is 17.3 Å². The first-order valence-corrected chi connectivity index (χ1v) is 6.56. The van der Waals surface area contributed by atoms with Gasteiger partial charge >= 0.3 is 0 Å². The van der Waals surface area contributed by atoms with Crippen molar-refractivity contribution < 1.29 is 9.72 Å². The van der Waals surface area contributed by atoms with Crippen molar-refractivity contribution in [2.45, 2.75) is 12.8 Å². The maximum Gasteiger partial charge on any atom is 0.269 e. The fourth-order valence-corrected chi connectivity index (χ4v) is 1.95. The van der Waals surface area contributed by atoms with E-state index < -0.39 is 10.8 Å². The zero-order chi connectivity index (χ0) is 16.1. The number of nitro benzene ring substituents is 1. The van der Waals surface area contributed by atoms with Crippen LogP contribution >= 0.6 is 0 Å². The SMILES string of the molecule is C[C@H](C(=O)Nc1cccc(C#N)c1)c1ccc([N+](=O)[O-])cc1. The first-order chi connectivity index (χ1) is 10.5. The van der Waals surface area contributed by atoms with Gasteiger partial charge < -0.3 is 5.32 Å². The summed E-state index contributed by atoms with van der Waals surface area (Å²) in [4.78, 5) is 22.3. The molecule has 6 nitrogen and oxygen atoms in total. The average Bonchev–Trinajstić information content (AvgIpc) is 2.54. The highest BCUT2D eigenvalue weighted by Crippen LogP contribution is 2.21. The predicted molar refractivity (Wildman–Crippen MR) is 81.3 cm³/mol. The molecule has 1 atom stereocenters. The molecule has 0 saturated carbocycles. The number of nitrogens with one attached hydrogen (secondary N) is 1. The zero-order valence-electron chi connectivity index (χ0n) is 11.8. The van der Waals surface area contributed by atoms with Gasteiger partial charge in [-0.2, -0.15) is 5.26 Å². The Balaban J connectivity index is 2.11. The lowest BCUT2D eigenvalue weighted by Crippen LogP contribution is -2.18. The number of hydrogen-bond donors (Lipinski definition) is 1. The van der Waals surface area contributed by atoms with Crippen molar-refractivity contribution in [1.82, 2.24) is 0 Å². The van der Waals surface area contributed by atoms with Gasteiger partial charge in [0.15, 0.2) is 0 Å². The molecule has 0 bridgehead atoms. The van der Waals surface area contributed by atoms with E-state index in [0.29, 0.717) is 16.8 Å². The van der Waals surface area contributed by atoms with Crippen LogP contribution in [0.25, 0.3) is 0 Å². The number of amides is 1. The highest BCUT2D eigenvalue weighted by atomic mass is 16.6. The summed E-state index contributed by atoms with van der Waals surface area (Å²) in [7, 11) is 0. The number of nitro groups is 1. The quantitative estimate of drug-likeness (QED) is 0.692. The van der Waals surface area contributed by atoms with E-state index in [4.69, 9.17) is 5.26 Å². The van der Waals surface area contributed by atoms with Crippen LogP contribution in [0.3, 0.4) is 0 Å². The molecule has 1 N–H and O–H groups in total. The van der Waals surface area contributed by atoms with Gasteiger partial charge in [-0.3, -0.25) is 14.9 Å². The van der Waals surface area contributed by atoms with Gasteiger partial charge in [-0.05, 0) is 30.7 Å². The third kappa shape index (κ3) is 3.46. The summed E-state index contributed by atoms with van der Waals surface area (Å²) >= 11 is 0. The summed E-state index contributed by atoms with van der Waals surface area (Å²) in [6.07, 6.45) is 0. The highest BCUT2D eigenvalue weighted by molar-refractivity contribution is 5.95. The lowest BCUT2D eigenvalue weighted by molar-refractivity contribution is -0.384. The van der Waals surface area contributed by atoms with Crippen LogP contribution in [0.1, 0.15) is 24.0 Å². The van der Waals surface area contributed by atoms with Crippen LogP contribution in [0, 0.1) is 21.4 Å². The molecule has 6 heteroatoms. The fraction of sp³-hybridized carbons (Fsp3) is 0.125. The smallest absolute Gasteiger partial charge is 0.269 e. The zero-order valence-corrected chi connectivity index (χ0v) is 11.8. The molecule has 2 rings (SSSR count). The van der Waals surface area contributed by atoms with Crippen LogP contribution in [0.5, 0.6) is 0 Å². The maximum atomic E-state index is 12.2. The van der Waals surface area contributed by atoms with Gasteiger partial charge in [0.2, 0.25) is 5.91 Å². The number of hydrogen-bond acceptors (Lipinski definition) is 4. The molecule has 0 aromatic heterocycles. The minimum atomic E-state index is -0.484. The Bertz CT molecular complexity index is 748. The van der Waals surface area contributed by atoms with Gasteiger partial charge in [0.05, 0.1) is 22.5 Å². The molecule has 1 amide bonds. The monoisotopic (exact) mass is 295 g/mol. The van der Waals surface area contributed by atoms with Crippen LogP contribution < -0.4 is 5.32 Å². The van der Waals surface area contributed by atoms with Crippen molar-refractivity contribution in [1.29, 1.82) is 5.26 Å². The van der Waals surface area contributed by atoms with Crippen molar-refractivity contribution in [3.63, 3.8) is 0 Å². The molecule has 0 heterocycles. The average molecular weight is 295 g/mol. The molecule has 110 valence electrons. The molecule has 0 aliphatic carbocycles. The molecule has 0 aliphatic rings. The van der Waals surface area contributed by atoms with Crippen LogP contribution in [0.2, 0.25) is 0 Å². The molecule has 0 aliphatic heterocycles.